The van der Waals surface area contributed by atoms with E-state index in [4.69, 9.17) is 0 Å². The van der Waals surface area contributed by atoms with Crippen LogP contribution in [-0.2, 0) is 4.79 Å². The van der Waals surface area contributed by atoms with E-state index in [-0.39, 0.29) is 5.91 Å². The van der Waals surface area contributed by atoms with Gasteiger partial charge in [0.1, 0.15) is 0 Å². The largest absolute Gasteiger partial charge is 0.312 e. The molecule has 1 fully saturated rings. The van der Waals surface area contributed by atoms with E-state index in [2.05, 4.69) is 40.3 Å². The molecular weight excluding hydrogens is 314 g/mol. The molecule has 0 spiro atoms. The summed E-state index contributed by atoms with van der Waals surface area (Å²) in [6.45, 7) is 16.0. The van der Waals surface area contributed by atoms with Crippen LogP contribution in [0.15, 0.2) is 23.3 Å². The van der Waals surface area contributed by atoms with Crippen LogP contribution in [0.1, 0.15) is 79.6 Å². The lowest BCUT2D eigenvalue weighted by molar-refractivity contribution is -0.129. The molecule has 0 saturated heterocycles. The molecule has 1 saturated carbocycles. The Bertz CT molecular complexity index is 443. The highest BCUT2D eigenvalue weighted by atomic mass is 32.2. The van der Waals surface area contributed by atoms with Gasteiger partial charge in [0.15, 0.2) is 0 Å². The van der Waals surface area contributed by atoms with Crippen molar-refractivity contribution in [3.05, 3.63) is 23.3 Å². The van der Waals surface area contributed by atoms with Crippen molar-refractivity contribution < 1.29 is 4.79 Å². The average molecular weight is 352 g/mol. The minimum Gasteiger partial charge on any atom is -0.312 e. The van der Waals surface area contributed by atoms with E-state index >= 15 is 0 Å². The third-order valence-electron chi connectivity index (χ3n) is 4.90. The van der Waals surface area contributed by atoms with Crippen molar-refractivity contribution in [1.29, 1.82) is 0 Å². The normalized spacial score (nSPS) is 21.5. The second kappa shape index (κ2) is 11.0. The van der Waals surface area contributed by atoms with Crippen LogP contribution in [0.25, 0.3) is 0 Å². The van der Waals surface area contributed by atoms with Gasteiger partial charge in [-0.15, -0.1) is 11.8 Å². The Morgan fingerprint density at radius 1 is 1.33 bits per heavy atom. The van der Waals surface area contributed by atoms with Gasteiger partial charge in [-0.05, 0) is 31.1 Å². The van der Waals surface area contributed by atoms with Crippen LogP contribution in [0, 0.1) is 11.8 Å². The molecule has 2 unspecified atom stereocenters. The van der Waals surface area contributed by atoms with Gasteiger partial charge >= 0.3 is 0 Å². The predicted molar refractivity (Wildman–Crippen MR) is 108 cm³/mol. The SMILES string of the molecule is C=C(/C(=C/CC)S[C@@H]1CC1C)N(CC(CC)CCCC)C(=O)CC. The maximum atomic E-state index is 12.6. The van der Waals surface area contributed by atoms with Gasteiger partial charge in [0, 0.05) is 28.8 Å². The lowest BCUT2D eigenvalue weighted by atomic mass is 9.98. The number of carbonyl (C=O) groups excluding carboxylic acids is 1. The number of carbonyl (C=O) groups is 1. The Hall–Kier alpha value is -0.700. The topological polar surface area (TPSA) is 20.3 Å². The van der Waals surface area contributed by atoms with Gasteiger partial charge in [-0.1, -0.05) is 66.5 Å². The third kappa shape index (κ3) is 6.66. The quantitative estimate of drug-likeness (QED) is 0.380. The minimum absolute atomic E-state index is 0.210. The monoisotopic (exact) mass is 351 g/mol. The molecule has 1 amide bonds. The van der Waals surface area contributed by atoms with Crippen molar-refractivity contribution in [3.63, 3.8) is 0 Å². The summed E-state index contributed by atoms with van der Waals surface area (Å²) in [5.74, 6) is 1.58. The van der Waals surface area contributed by atoms with Crippen LogP contribution < -0.4 is 0 Å². The molecule has 0 heterocycles. The molecule has 0 N–H and O–H groups in total. The molecule has 1 aliphatic rings. The van der Waals surface area contributed by atoms with Gasteiger partial charge in [0.25, 0.3) is 0 Å². The molecule has 0 aliphatic heterocycles. The fourth-order valence-electron chi connectivity index (χ4n) is 2.90. The van der Waals surface area contributed by atoms with Crippen LogP contribution in [0.4, 0.5) is 0 Å². The molecule has 24 heavy (non-hydrogen) atoms. The summed E-state index contributed by atoms with van der Waals surface area (Å²) in [5, 5.41) is 0.709. The summed E-state index contributed by atoms with van der Waals surface area (Å²) >= 11 is 1.93. The number of allylic oxidation sites excluding steroid dienone is 1. The molecule has 0 bridgehead atoms. The number of nitrogens with zero attached hydrogens (tertiary/aromatic N) is 1. The first-order valence-electron chi connectivity index (χ1n) is 9.84. The number of hydrogen-bond acceptors (Lipinski definition) is 2. The van der Waals surface area contributed by atoms with Crippen molar-refractivity contribution in [1.82, 2.24) is 4.90 Å². The van der Waals surface area contributed by atoms with E-state index in [1.807, 2.05) is 23.6 Å². The van der Waals surface area contributed by atoms with E-state index < -0.39 is 0 Å². The Balaban J connectivity index is 2.85. The van der Waals surface area contributed by atoms with Crippen LogP contribution in [0.2, 0.25) is 0 Å². The summed E-state index contributed by atoms with van der Waals surface area (Å²) in [7, 11) is 0. The molecular formula is C21H37NOS. The Morgan fingerprint density at radius 2 is 2.00 bits per heavy atom. The molecule has 138 valence electrons. The second-order valence-electron chi connectivity index (χ2n) is 7.07. The summed E-state index contributed by atoms with van der Waals surface area (Å²) in [6.07, 6.45) is 9.86. The summed E-state index contributed by atoms with van der Waals surface area (Å²) in [6, 6.07) is 0. The molecule has 2 nitrogen and oxygen atoms in total. The van der Waals surface area contributed by atoms with Crippen LogP contribution in [0.5, 0.6) is 0 Å². The van der Waals surface area contributed by atoms with Gasteiger partial charge in [0.05, 0.1) is 0 Å². The highest BCUT2D eigenvalue weighted by molar-refractivity contribution is 8.04. The molecule has 0 radical (unpaired) electrons. The molecule has 0 aromatic carbocycles. The molecule has 3 atom stereocenters. The van der Waals surface area contributed by atoms with Crippen molar-refractivity contribution >= 4 is 17.7 Å². The van der Waals surface area contributed by atoms with E-state index in [1.54, 1.807) is 0 Å². The van der Waals surface area contributed by atoms with Gasteiger partial charge in [-0.3, -0.25) is 4.79 Å². The second-order valence-corrected chi connectivity index (χ2v) is 8.35. The molecule has 0 aromatic heterocycles. The molecule has 1 aliphatic carbocycles. The zero-order valence-electron chi connectivity index (χ0n) is 16.4. The van der Waals surface area contributed by atoms with Gasteiger partial charge in [-0.25, -0.2) is 0 Å². The van der Waals surface area contributed by atoms with E-state index in [0.717, 1.165) is 31.0 Å². The minimum atomic E-state index is 0.210. The summed E-state index contributed by atoms with van der Waals surface area (Å²) in [4.78, 5) is 15.8. The van der Waals surface area contributed by atoms with Crippen molar-refractivity contribution in [2.24, 2.45) is 11.8 Å². The smallest absolute Gasteiger partial charge is 0.226 e. The maximum absolute atomic E-state index is 12.6. The van der Waals surface area contributed by atoms with E-state index in [1.165, 1.54) is 30.6 Å². The lowest BCUT2D eigenvalue weighted by Gasteiger charge is -2.30. The fourth-order valence-corrected chi connectivity index (χ4v) is 4.36. The molecule has 0 aromatic rings. The standard InChI is InChI=1S/C21H37NOS/c1-7-11-13-18(9-3)15-22(21(23)10-4)17(6)19(12-8-2)24-20-14-16(20)5/h12,16,18,20H,6-11,13-15H2,1-5H3/b19-12-/t16?,18?,20-/m1/s1. The summed E-state index contributed by atoms with van der Waals surface area (Å²) in [5.41, 5.74) is 0.933. The highest BCUT2D eigenvalue weighted by Crippen LogP contribution is 2.46. The van der Waals surface area contributed by atoms with E-state index in [9.17, 15) is 4.79 Å². The lowest BCUT2D eigenvalue weighted by Crippen LogP contribution is -2.34. The maximum Gasteiger partial charge on any atom is 0.226 e. The fraction of sp³-hybridized carbons (Fsp3) is 0.762. The van der Waals surface area contributed by atoms with Gasteiger partial charge in [0.2, 0.25) is 5.91 Å². The highest BCUT2D eigenvalue weighted by Gasteiger charge is 2.35. The Labute approximate surface area is 154 Å². The van der Waals surface area contributed by atoms with Gasteiger partial charge < -0.3 is 4.90 Å². The van der Waals surface area contributed by atoms with Gasteiger partial charge in [-0.2, -0.15) is 0 Å². The number of amides is 1. The van der Waals surface area contributed by atoms with Crippen LogP contribution >= 0.6 is 11.8 Å². The first-order chi connectivity index (χ1) is 11.5. The summed E-state index contributed by atoms with van der Waals surface area (Å²) < 4.78 is 0. The zero-order chi connectivity index (χ0) is 18.1. The van der Waals surface area contributed by atoms with Crippen LogP contribution in [0.3, 0.4) is 0 Å². The Kier molecular flexibility index (Phi) is 9.80. The number of unbranched alkanes of at least 4 members (excludes halogenated alkanes) is 1. The predicted octanol–water partition coefficient (Wildman–Crippen LogP) is 6.39. The molecule has 1 rings (SSSR count). The first kappa shape index (κ1) is 21.3. The number of thioether (sulfide) groups is 1. The van der Waals surface area contributed by atoms with Crippen molar-refractivity contribution in [3.8, 4) is 0 Å². The van der Waals surface area contributed by atoms with Crippen molar-refractivity contribution in [2.75, 3.05) is 6.54 Å². The van der Waals surface area contributed by atoms with Crippen molar-refractivity contribution in [2.45, 2.75) is 84.8 Å². The average Bonchev–Trinajstić information content (AvgIpc) is 3.28. The number of hydrogen-bond donors (Lipinski definition) is 0. The van der Waals surface area contributed by atoms with E-state index in [0.29, 0.717) is 17.6 Å². The number of rotatable bonds is 12. The zero-order valence-corrected chi connectivity index (χ0v) is 17.3. The Morgan fingerprint density at radius 3 is 2.46 bits per heavy atom. The van der Waals surface area contributed by atoms with Crippen LogP contribution in [-0.4, -0.2) is 22.6 Å². The molecule has 3 heteroatoms. The third-order valence-corrected chi connectivity index (χ3v) is 6.52. The first-order valence-corrected chi connectivity index (χ1v) is 10.7.